The minimum atomic E-state index is -2.43. The SMILES string of the molecule is CN(C)c1ccc(N=NC=N)c(NS(=O)[O-])c1.[Y]. The van der Waals surface area contributed by atoms with Crippen molar-refractivity contribution in [3.05, 3.63) is 18.2 Å². The third kappa shape index (κ3) is 5.30. The molecule has 0 bridgehead atoms. The second-order valence-corrected chi connectivity index (χ2v) is 3.95. The van der Waals surface area contributed by atoms with Crippen LogP contribution in [0.5, 0.6) is 0 Å². The zero-order valence-corrected chi connectivity index (χ0v) is 13.6. The fourth-order valence-electron chi connectivity index (χ4n) is 1.15. The van der Waals surface area contributed by atoms with Crippen molar-refractivity contribution in [1.29, 1.82) is 5.41 Å². The number of hydrogen-bond donors (Lipinski definition) is 2. The standard InChI is InChI=1S/C9H13N5O2S.Y/c1-14(2)7-3-4-8(12-11-6-10)9(5-7)13-17(15)16;/h3-6,10,13H,1-2H3,(H,15,16);/p-1. The van der Waals surface area contributed by atoms with Crippen LogP contribution < -0.4 is 9.62 Å². The van der Waals surface area contributed by atoms with E-state index in [4.69, 9.17) is 5.41 Å². The Kier molecular flexibility index (Phi) is 8.09. The van der Waals surface area contributed by atoms with Gasteiger partial charge in [0.15, 0.2) is 0 Å². The van der Waals surface area contributed by atoms with Gasteiger partial charge in [-0.2, -0.15) is 0 Å². The summed E-state index contributed by atoms with van der Waals surface area (Å²) < 4.78 is 23.5. The van der Waals surface area contributed by atoms with Crippen LogP contribution >= 0.6 is 0 Å². The molecule has 0 amide bonds. The van der Waals surface area contributed by atoms with E-state index >= 15 is 0 Å². The third-order valence-corrected chi connectivity index (χ3v) is 2.30. The van der Waals surface area contributed by atoms with Crippen LogP contribution in [0.2, 0.25) is 0 Å². The Hall–Kier alpha value is -0.696. The van der Waals surface area contributed by atoms with Gasteiger partial charge in [-0.25, -0.2) is 0 Å². The Bertz CT molecular complexity index is 466. The number of benzene rings is 1. The predicted octanol–water partition coefficient (Wildman–Crippen LogP) is 1.65. The summed E-state index contributed by atoms with van der Waals surface area (Å²) in [4.78, 5) is 1.83. The van der Waals surface area contributed by atoms with Crippen LogP contribution in [0, 0.1) is 5.41 Å². The van der Waals surface area contributed by atoms with Crippen LogP contribution in [0.3, 0.4) is 0 Å². The zero-order valence-electron chi connectivity index (χ0n) is 9.95. The average Bonchev–Trinajstić information content (AvgIpc) is 2.26. The number of anilines is 2. The summed E-state index contributed by atoms with van der Waals surface area (Å²) in [6.45, 7) is 0. The maximum atomic E-state index is 10.6. The van der Waals surface area contributed by atoms with E-state index in [0.717, 1.165) is 12.0 Å². The summed E-state index contributed by atoms with van der Waals surface area (Å²) in [6, 6.07) is 5.03. The van der Waals surface area contributed by atoms with Crippen LogP contribution in [-0.4, -0.2) is 29.2 Å². The molecule has 95 valence electrons. The molecule has 0 heterocycles. The second kappa shape index (κ2) is 8.41. The Balaban J connectivity index is 0.00000289. The van der Waals surface area contributed by atoms with Gasteiger partial charge in [-0.3, -0.25) is 9.62 Å². The van der Waals surface area contributed by atoms with Crippen molar-refractivity contribution in [1.82, 2.24) is 0 Å². The number of hydrogen-bond acceptors (Lipinski definition) is 5. The maximum Gasteiger partial charge on any atom is 0.129 e. The first kappa shape index (κ1) is 17.3. The zero-order chi connectivity index (χ0) is 12.8. The average molecular weight is 343 g/mol. The molecule has 0 spiro atoms. The van der Waals surface area contributed by atoms with Gasteiger partial charge in [-0.1, -0.05) is 0 Å². The summed E-state index contributed by atoms with van der Waals surface area (Å²) in [5.41, 5.74) is 1.49. The van der Waals surface area contributed by atoms with Crippen molar-refractivity contribution < 1.29 is 41.5 Å². The Morgan fingerprint density at radius 1 is 1.50 bits per heavy atom. The van der Waals surface area contributed by atoms with E-state index in [1.165, 1.54) is 0 Å². The number of nitrogens with zero attached hydrogens (tertiary/aromatic N) is 3. The molecule has 2 N–H and O–H groups in total. The fraction of sp³-hybridized carbons (Fsp3) is 0.222. The number of azo groups is 1. The molecule has 0 aromatic heterocycles. The van der Waals surface area contributed by atoms with Crippen LogP contribution in [0.15, 0.2) is 28.4 Å². The van der Waals surface area contributed by atoms with Crippen molar-refractivity contribution in [3.8, 4) is 0 Å². The van der Waals surface area contributed by atoms with Gasteiger partial charge in [-0.05, 0) is 18.2 Å². The van der Waals surface area contributed by atoms with Gasteiger partial charge < -0.3 is 14.2 Å². The first-order valence-electron chi connectivity index (χ1n) is 4.61. The quantitative estimate of drug-likeness (QED) is 0.368. The summed E-state index contributed by atoms with van der Waals surface area (Å²) in [5, 5.41) is 13.8. The molecule has 1 rings (SSSR count). The van der Waals surface area contributed by atoms with Gasteiger partial charge in [0.2, 0.25) is 0 Å². The van der Waals surface area contributed by atoms with Gasteiger partial charge in [-0.15, -0.1) is 10.2 Å². The van der Waals surface area contributed by atoms with Gasteiger partial charge in [0.05, 0.1) is 5.69 Å². The monoisotopic (exact) mass is 343 g/mol. The van der Waals surface area contributed by atoms with E-state index in [9.17, 15) is 8.76 Å². The minimum absolute atomic E-state index is 0. The van der Waals surface area contributed by atoms with Gasteiger partial charge in [0, 0.05) is 63.8 Å². The Labute approximate surface area is 133 Å². The smallest absolute Gasteiger partial charge is 0.129 e. The fourth-order valence-corrected chi connectivity index (χ4v) is 1.50. The first-order valence-corrected chi connectivity index (χ1v) is 5.69. The van der Waals surface area contributed by atoms with Gasteiger partial charge in [0.25, 0.3) is 0 Å². The summed E-state index contributed by atoms with van der Waals surface area (Å²) in [7, 11) is 3.68. The molecule has 0 aliphatic rings. The van der Waals surface area contributed by atoms with E-state index in [2.05, 4.69) is 15.0 Å². The van der Waals surface area contributed by atoms with Crippen LogP contribution in [0.25, 0.3) is 0 Å². The largest absolute Gasteiger partial charge is 0.755 e. The first-order chi connectivity index (χ1) is 8.04. The summed E-state index contributed by atoms with van der Waals surface area (Å²) in [5.74, 6) is 0. The van der Waals surface area contributed by atoms with Crippen molar-refractivity contribution in [3.63, 3.8) is 0 Å². The van der Waals surface area contributed by atoms with Crippen molar-refractivity contribution >= 4 is 34.7 Å². The predicted molar refractivity (Wildman–Crippen MR) is 66.6 cm³/mol. The maximum absolute atomic E-state index is 10.6. The van der Waals surface area contributed by atoms with Crippen LogP contribution in [-0.2, 0) is 44.0 Å². The number of rotatable bonds is 5. The van der Waals surface area contributed by atoms with E-state index in [1.807, 2.05) is 19.0 Å². The van der Waals surface area contributed by atoms with Gasteiger partial charge >= 0.3 is 0 Å². The molecule has 0 saturated heterocycles. The van der Waals surface area contributed by atoms with Crippen molar-refractivity contribution in [2.45, 2.75) is 0 Å². The molecule has 9 heteroatoms. The molecule has 1 aromatic carbocycles. The molecule has 0 saturated carbocycles. The topological polar surface area (TPSA) is 104 Å². The Morgan fingerprint density at radius 2 is 2.17 bits per heavy atom. The number of nitrogens with one attached hydrogen (secondary N) is 2. The van der Waals surface area contributed by atoms with Crippen molar-refractivity contribution in [2.75, 3.05) is 23.7 Å². The van der Waals surface area contributed by atoms with E-state index in [0.29, 0.717) is 11.4 Å². The van der Waals surface area contributed by atoms with Crippen LogP contribution in [0.4, 0.5) is 17.1 Å². The molecule has 0 fully saturated rings. The molecule has 0 aliphatic heterocycles. The van der Waals surface area contributed by atoms with Crippen LogP contribution in [0.1, 0.15) is 0 Å². The molecule has 7 nitrogen and oxygen atoms in total. The summed E-state index contributed by atoms with van der Waals surface area (Å²) in [6.07, 6.45) is 0.776. The normalized spacial score (nSPS) is 11.7. The molecule has 1 aromatic rings. The molecular formula is C9H12N5O2SY-. The molecular weight excluding hydrogens is 331 g/mol. The van der Waals surface area contributed by atoms with E-state index in [-0.39, 0.29) is 32.7 Å². The molecule has 18 heavy (non-hydrogen) atoms. The summed E-state index contributed by atoms with van der Waals surface area (Å²) >= 11 is -2.43. The molecule has 1 radical (unpaired) electrons. The van der Waals surface area contributed by atoms with E-state index < -0.39 is 11.3 Å². The molecule has 1 atom stereocenters. The third-order valence-electron chi connectivity index (χ3n) is 1.91. The van der Waals surface area contributed by atoms with Crippen molar-refractivity contribution in [2.24, 2.45) is 10.2 Å². The molecule has 0 aliphatic carbocycles. The second-order valence-electron chi connectivity index (χ2n) is 3.28. The minimum Gasteiger partial charge on any atom is -0.755 e. The van der Waals surface area contributed by atoms with E-state index in [1.54, 1.807) is 18.2 Å². The Morgan fingerprint density at radius 3 is 2.67 bits per heavy atom. The molecule has 1 unspecified atom stereocenters. The van der Waals surface area contributed by atoms with Gasteiger partial charge in [0.1, 0.15) is 12.0 Å².